The Hall–Kier alpha value is -2.58. The van der Waals surface area contributed by atoms with Crippen LogP contribution in [0.15, 0.2) is 53.4 Å². The second-order valence-corrected chi connectivity index (χ2v) is 8.50. The van der Waals surface area contributed by atoms with Crippen LogP contribution in [-0.4, -0.2) is 43.7 Å². The van der Waals surface area contributed by atoms with E-state index in [1.807, 2.05) is 0 Å². The maximum absolute atomic E-state index is 13.0. The lowest BCUT2D eigenvalue weighted by Crippen LogP contribution is -2.28. The molecule has 1 aliphatic rings. The average Bonchev–Trinajstić information content (AvgIpc) is 3.24. The zero-order valence-electron chi connectivity index (χ0n) is 15.3. The quantitative estimate of drug-likeness (QED) is 0.545. The second-order valence-electron chi connectivity index (χ2n) is 6.56. The van der Waals surface area contributed by atoms with Crippen molar-refractivity contribution < 1.29 is 27.1 Å². The van der Waals surface area contributed by atoms with Crippen LogP contribution in [0, 0.1) is 5.82 Å². The maximum atomic E-state index is 13.0. The Labute approximate surface area is 163 Å². The van der Waals surface area contributed by atoms with Gasteiger partial charge < -0.3 is 4.74 Å². The SMILES string of the molecule is C[C@H](OC(=O)c1cccc(S(=O)(=O)N2CCCC2)c1)C(=O)c1ccc(F)cc1. The Balaban J connectivity index is 1.74. The molecular formula is C20H20FNO5S. The Bertz CT molecular complexity index is 982. The van der Waals surface area contributed by atoms with E-state index in [0.29, 0.717) is 13.1 Å². The zero-order chi connectivity index (χ0) is 20.3. The molecule has 1 atom stereocenters. The molecule has 28 heavy (non-hydrogen) atoms. The van der Waals surface area contributed by atoms with Crippen LogP contribution in [0.5, 0.6) is 0 Å². The van der Waals surface area contributed by atoms with Crippen molar-refractivity contribution in [2.75, 3.05) is 13.1 Å². The van der Waals surface area contributed by atoms with Crippen molar-refractivity contribution in [3.8, 4) is 0 Å². The molecule has 0 amide bonds. The molecule has 2 aromatic carbocycles. The number of ketones is 1. The van der Waals surface area contributed by atoms with Gasteiger partial charge >= 0.3 is 5.97 Å². The van der Waals surface area contributed by atoms with Gasteiger partial charge in [0.2, 0.25) is 15.8 Å². The number of sulfonamides is 1. The zero-order valence-corrected chi connectivity index (χ0v) is 16.1. The number of rotatable bonds is 6. The van der Waals surface area contributed by atoms with Crippen LogP contribution in [0.25, 0.3) is 0 Å². The van der Waals surface area contributed by atoms with Crippen molar-refractivity contribution in [2.45, 2.75) is 30.8 Å². The molecule has 1 saturated heterocycles. The topological polar surface area (TPSA) is 80.8 Å². The summed E-state index contributed by atoms with van der Waals surface area (Å²) in [6.07, 6.45) is 0.519. The monoisotopic (exact) mass is 405 g/mol. The van der Waals surface area contributed by atoms with Gasteiger partial charge in [-0.3, -0.25) is 4.79 Å². The fourth-order valence-corrected chi connectivity index (χ4v) is 4.56. The van der Waals surface area contributed by atoms with E-state index >= 15 is 0 Å². The van der Waals surface area contributed by atoms with E-state index in [2.05, 4.69) is 0 Å². The van der Waals surface area contributed by atoms with Crippen molar-refractivity contribution in [2.24, 2.45) is 0 Å². The molecule has 0 spiro atoms. The van der Waals surface area contributed by atoms with Crippen LogP contribution >= 0.6 is 0 Å². The highest BCUT2D eigenvalue weighted by molar-refractivity contribution is 7.89. The van der Waals surface area contributed by atoms with Gasteiger partial charge in [0, 0.05) is 18.7 Å². The summed E-state index contributed by atoms with van der Waals surface area (Å²) >= 11 is 0. The largest absolute Gasteiger partial charge is 0.451 e. The molecule has 3 rings (SSSR count). The fraction of sp³-hybridized carbons (Fsp3) is 0.300. The van der Waals surface area contributed by atoms with E-state index in [4.69, 9.17) is 4.74 Å². The Morgan fingerprint density at radius 3 is 2.32 bits per heavy atom. The Kier molecular flexibility index (Phi) is 5.90. The maximum Gasteiger partial charge on any atom is 0.338 e. The van der Waals surface area contributed by atoms with E-state index in [1.165, 1.54) is 47.6 Å². The molecule has 0 N–H and O–H groups in total. The standard InChI is InChI=1S/C20H20FNO5S/c1-14(19(23)15-7-9-17(21)10-8-15)27-20(24)16-5-4-6-18(13-16)28(25,26)22-11-2-3-12-22/h4-10,13-14H,2-3,11-12H2,1H3/t14-/m0/s1. The number of hydrogen-bond donors (Lipinski definition) is 0. The highest BCUT2D eigenvalue weighted by atomic mass is 32.2. The molecule has 6 nitrogen and oxygen atoms in total. The summed E-state index contributed by atoms with van der Waals surface area (Å²) in [5.41, 5.74) is 0.256. The van der Waals surface area contributed by atoms with Gasteiger partial charge in [-0.2, -0.15) is 4.31 Å². The number of carbonyl (C=O) groups is 2. The molecule has 148 valence electrons. The van der Waals surface area contributed by atoms with E-state index in [0.717, 1.165) is 25.0 Å². The third kappa shape index (κ3) is 4.28. The van der Waals surface area contributed by atoms with E-state index in [9.17, 15) is 22.4 Å². The third-order valence-electron chi connectivity index (χ3n) is 4.55. The predicted molar refractivity (Wildman–Crippen MR) is 100 cm³/mol. The number of carbonyl (C=O) groups excluding carboxylic acids is 2. The van der Waals surface area contributed by atoms with Crippen molar-refractivity contribution in [3.63, 3.8) is 0 Å². The summed E-state index contributed by atoms with van der Waals surface area (Å²) in [5, 5.41) is 0. The van der Waals surface area contributed by atoms with Crippen molar-refractivity contribution in [1.82, 2.24) is 4.31 Å². The summed E-state index contributed by atoms with van der Waals surface area (Å²) in [6, 6.07) is 10.5. The van der Waals surface area contributed by atoms with Gasteiger partial charge in [-0.25, -0.2) is 17.6 Å². The summed E-state index contributed by atoms with van der Waals surface area (Å²) in [7, 11) is -3.66. The summed E-state index contributed by atoms with van der Waals surface area (Å²) in [6.45, 7) is 2.33. The first-order chi connectivity index (χ1) is 13.3. The van der Waals surface area contributed by atoms with Gasteiger partial charge in [-0.05, 0) is 62.2 Å². The molecule has 0 unspecified atom stereocenters. The lowest BCUT2D eigenvalue weighted by atomic mass is 10.1. The molecule has 0 radical (unpaired) electrons. The van der Waals surface area contributed by atoms with Crippen molar-refractivity contribution >= 4 is 21.8 Å². The summed E-state index contributed by atoms with van der Waals surface area (Å²) < 4.78 is 44.8. The highest BCUT2D eigenvalue weighted by Gasteiger charge is 2.28. The molecule has 2 aromatic rings. The van der Waals surface area contributed by atoms with Crippen LogP contribution in [0.4, 0.5) is 4.39 Å². The number of Topliss-reactive ketones (excluding diaryl/α,β-unsaturated/α-hetero) is 1. The first kappa shape index (κ1) is 20.2. The number of nitrogens with zero attached hydrogens (tertiary/aromatic N) is 1. The van der Waals surface area contributed by atoms with Crippen LogP contribution < -0.4 is 0 Å². The molecule has 8 heteroatoms. The highest BCUT2D eigenvalue weighted by Crippen LogP contribution is 2.22. The molecule has 0 aliphatic carbocycles. The number of esters is 1. The van der Waals surface area contributed by atoms with E-state index in [-0.39, 0.29) is 16.0 Å². The molecule has 0 saturated carbocycles. The smallest absolute Gasteiger partial charge is 0.338 e. The lowest BCUT2D eigenvalue weighted by Gasteiger charge is -2.16. The molecule has 0 bridgehead atoms. The fourth-order valence-electron chi connectivity index (χ4n) is 2.99. The number of halogens is 1. The molecular weight excluding hydrogens is 385 g/mol. The van der Waals surface area contributed by atoms with Gasteiger partial charge in [0.25, 0.3) is 0 Å². The van der Waals surface area contributed by atoms with Crippen LogP contribution in [0.1, 0.15) is 40.5 Å². The molecule has 1 fully saturated rings. The third-order valence-corrected chi connectivity index (χ3v) is 6.45. The first-order valence-corrected chi connectivity index (χ1v) is 10.3. The average molecular weight is 405 g/mol. The minimum atomic E-state index is -3.66. The predicted octanol–water partition coefficient (Wildman–Crippen LogP) is 3.04. The Morgan fingerprint density at radius 2 is 1.68 bits per heavy atom. The number of hydrogen-bond acceptors (Lipinski definition) is 5. The van der Waals surface area contributed by atoms with Crippen LogP contribution in [-0.2, 0) is 14.8 Å². The first-order valence-electron chi connectivity index (χ1n) is 8.90. The number of ether oxygens (including phenoxy) is 1. The Morgan fingerprint density at radius 1 is 1.04 bits per heavy atom. The van der Waals surface area contributed by atoms with Crippen LogP contribution in [0.2, 0.25) is 0 Å². The normalized spacial score (nSPS) is 15.9. The number of benzene rings is 2. The summed E-state index contributed by atoms with van der Waals surface area (Å²) in [4.78, 5) is 24.7. The minimum absolute atomic E-state index is 0.0152. The van der Waals surface area contributed by atoms with Crippen molar-refractivity contribution in [1.29, 1.82) is 0 Å². The molecule has 0 aromatic heterocycles. The molecule has 1 heterocycles. The van der Waals surface area contributed by atoms with Gasteiger partial charge in [0.1, 0.15) is 5.82 Å². The van der Waals surface area contributed by atoms with Gasteiger partial charge in [-0.1, -0.05) is 6.07 Å². The van der Waals surface area contributed by atoms with Gasteiger partial charge in [-0.15, -0.1) is 0 Å². The van der Waals surface area contributed by atoms with Crippen LogP contribution in [0.3, 0.4) is 0 Å². The van der Waals surface area contributed by atoms with E-state index in [1.54, 1.807) is 0 Å². The van der Waals surface area contributed by atoms with Crippen molar-refractivity contribution in [3.05, 3.63) is 65.5 Å². The van der Waals surface area contributed by atoms with E-state index < -0.39 is 33.7 Å². The second kappa shape index (κ2) is 8.20. The minimum Gasteiger partial charge on any atom is -0.451 e. The lowest BCUT2D eigenvalue weighted by molar-refractivity contribution is 0.0318. The van der Waals surface area contributed by atoms with Gasteiger partial charge in [0.05, 0.1) is 10.5 Å². The van der Waals surface area contributed by atoms with Gasteiger partial charge in [0.15, 0.2) is 6.10 Å². The molecule has 1 aliphatic heterocycles. The summed E-state index contributed by atoms with van der Waals surface area (Å²) in [5.74, 6) is -1.76.